The number of hydrogen-bond acceptors (Lipinski definition) is 5. The van der Waals surface area contributed by atoms with Crippen molar-refractivity contribution in [2.75, 3.05) is 18.5 Å². The zero-order chi connectivity index (χ0) is 17.6. The molecule has 2 amide bonds. The number of halogens is 1. The van der Waals surface area contributed by atoms with Crippen molar-refractivity contribution in [1.82, 2.24) is 5.32 Å². The van der Waals surface area contributed by atoms with Gasteiger partial charge in [0.15, 0.2) is 12.4 Å². The lowest BCUT2D eigenvalue weighted by molar-refractivity contribution is -0.123. The molecule has 0 aliphatic rings. The van der Waals surface area contributed by atoms with E-state index in [0.717, 1.165) is 0 Å². The van der Waals surface area contributed by atoms with Crippen LogP contribution >= 0.6 is 12.4 Å². The highest BCUT2D eigenvalue weighted by atomic mass is 35.5. The molecule has 0 aliphatic heterocycles. The van der Waals surface area contributed by atoms with Gasteiger partial charge in [0.1, 0.15) is 5.75 Å². The summed E-state index contributed by atoms with van der Waals surface area (Å²) in [4.78, 5) is 23.6. The van der Waals surface area contributed by atoms with Crippen LogP contribution in [0.1, 0.15) is 24.4 Å². The molecule has 0 spiro atoms. The summed E-state index contributed by atoms with van der Waals surface area (Å²) in [7, 11) is 0. The SMILES string of the molecule is CC(C)(N)CNC(=O)COc1cccc(NC(=O)c2ccco2)c1.Cl. The van der Waals surface area contributed by atoms with Gasteiger partial charge in [-0.25, -0.2) is 0 Å². The zero-order valence-electron chi connectivity index (χ0n) is 14.1. The van der Waals surface area contributed by atoms with E-state index in [1.54, 1.807) is 36.4 Å². The number of amides is 2. The molecular formula is C17H22ClN3O4. The Labute approximate surface area is 152 Å². The van der Waals surface area contributed by atoms with Crippen molar-refractivity contribution in [3.05, 3.63) is 48.4 Å². The molecule has 2 aromatic rings. The first-order valence-electron chi connectivity index (χ1n) is 7.47. The highest BCUT2D eigenvalue weighted by Gasteiger charge is 2.13. The number of hydrogen-bond donors (Lipinski definition) is 3. The van der Waals surface area contributed by atoms with Crippen molar-refractivity contribution in [3.8, 4) is 5.75 Å². The van der Waals surface area contributed by atoms with Gasteiger partial charge in [0.25, 0.3) is 11.8 Å². The second kappa shape index (κ2) is 9.10. The number of ether oxygens (including phenoxy) is 1. The molecule has 1 aromatic carbocycles. The molecule has 0 bridgehead atoms. The highest BCUT2D eigenvalue weighted by molar-refractivity contribution is 6.02. The normalized spacial score (nSPS) is 10.5. The smallest absolute Gasteiger partial charge is 0.291 e. The number of nitrogens with one attached hydrogen (secondary N) is 2. The molecule has 4 N–H and O–H groups in total. The third-order valence-corrected chi connectivity index (χ3v) is 2.95. The minimum atomic E-state index is -0.480. The summed E-state index contributed by atoms with van der Waals surface area (Å²) < 4.78 is 10.4. The second-order valence-electron chi connectivity index (χ2n) is 6.01. The van der Waals surface area contributed by atoms with Crippen LogP contribution in [0.4, 0.5) is 5.69 Å². The Bertz CT molecular complexity index is 696. The third kappa shape index (κ3) is 7.28. The van der Waals surface area contributed by atoms with Crippen molar-refractivity contribution in [2.45, 2.75) is 19.4 Å². The number of benzene rings is 1. The second-order valence-corrected chi connectivity index (χ2v) is 6.01. The lowest BCUT2D eigenvalue weighted by atomic mass is 10.1. The van der Waals surface area contributed by atoms with Crippen LogP contribution in [0.25, 0.3) is 0 Å². The summed E-state index contributed by atoms with van der Waals surface area (Å²) >= 11 is 0. The number of nitrogens with two attached hydrogens (primary N) is 1. The van der Waals surface area contributed by atoms with Crippen molar-refractivity contribution in [1.29, 1.82) is 0 Å². The first-order valence-corrected chi connectivity index (χ1v) is 7.47. The summed E-state index contributed by atoms with van der Waals surface area (Å²) in [5.41, 5.74) is 5.85. The standard InChI is InChI=1S/C17H21N3O4.ClH/c1-17(2,18)11-19-15(21)10-24-13-6-3-5-12(9-13)20-16(22)14-7-4-8-23-14;/h3-9H,10-11,18H2,1-2H3,(H,19,21)(H,20,22);1H. The molecule has 0 aliphatic carbocycles. The van der Waals surface area contributed by atoms with E-state index in [-0.39, 0.29) is 36.6 Å². The summed E-state index contributed by atoms with van der Waals surface area (Å²) in [5.74, 6) is 0.0538. The van der Waals surface area contributed by atoms with Gasteiger partial charge in [0.05, 0.1) is 6.26 Å². The predicted octanol–water partition coefficient (Wildman–Crippen LogP) is 2.19. The monoisotopic (exact) mass is 367 g/mol. The van der Waals surface area contributed by atoms with Crippen molar-refractivity contribution in [3.63, 3.8) is 0 Å². The molecule has 0 atom stereocenters. The Kier molecular flexibility index (Phi) is 7.47. The Morgan fingerprint density at radius 3 is 2.64 bits per heavy atom. The maximum atomic E-state index is 11.9. The van der Waals surface area contributed by atoms with Crippen LogP contribution in [-0.4, -0.2) is 30.5 Å². The average molecular weight is 368 g/mol. The Balaban J connectivity index is 0.00000312. The lowest BCUT2D eigenvalue weighted by Gasteiger charge is -2.18. The van der Waals surface area contributed by atoms with Crippen LogP contribution < -0.4 is 21.1 Å². The minimum absolute atomic E-state index is 0. The summed E-state index contributed by atoms with van der Waals surface area (Å²) in [6, 6.07) is 9.96. The zero-order valence-corrected chi connectivity index (χ0v) is 14.9. The van der Waals surface area contributed by atoms with E-state index in [2.05, 4.69) is 10.6 Å². The van der Waals surface area contributed by atoms with Gasteiger partial charge in [-0.2, -0.15) is 0 Å². The van der Waals surface area contributed by atoms with Crippen molar-refractivity contribution in [2.24, 2.45) is 5.73 Å². The molecule has 7 nitrogen and oxygen atoms in total. The van der Waals surface area contributed by atoms with Gasteiger partial charge in [-0.3, -0.25) is 9.59 Å². The summed E-state index contributed by atoms with van der Waals surface area (Å²) in [6.45, 7) is 3.86. The molecule has 25 heavy (non-hydrogen) atoms. The summed E-state index contributed by atoms with van der Waals surface area (Å²) in [5, 5.41) is 5.37. The third-order valence-electron chi connectivity index (χ3n) is 2.95. The fourth-order valence-electron chi connectivity index (χ4n) is 1.79. The first-order chi connectivity index (χ1) is 11.3. The molecule has 0 saturated carbocycles. The van der Waals surface area contributed by atoms with Crippen LogP contribution in [0.5, 0.6) is 5.75 Å². The summed E-state index contributed by atoms with van der Waals surface area (Å²) in [6.07, 6.45) is 1.43. The molecule has 0 fully saturated rings. The van der Waals surface area contributed by atoms with Crippen molar-refractivity contribution >= 4 is 29.9 Å². The molecule has 0 saturated heterocycles. The number of anilines is 1. The van der Waals surface area contributed by atoms with Gasteiger partial charge in [0, 0.05) is 23.8 Å². The van der Waals surface area contributed by atoms with Gasteiger partial charge in [-0.1, -0.05) is 6.07 Å². The fraction of sp³-hybridized carbons (Fsp3) is 0.294. The lowest BCUT2D eigenvalue weighted by Crippen LogP contribution is -2.46. The first kappa shape index (κ1) is 20.5. The molecule has 2 rings (SSSR count). The molecule has 0 unspecified atom stereocenters. The highest BCUT2D eigenvalue weighted by Crippen LogP contribution is 2.18. The molecule has 1 heterocycles. The molecular weight excluding hydrogens is 346 g/mol. The van der Waals surface area contributed by atoms with Gasteiger partial charge in [-0.15, -0.1) is 12.4 Å². The number of carbonyl (C=O) groups is 2. The largest absolute Gasteiger partial charge is 0.484 e. The van der Waals surface area contributed by atoms with Crippen LogP contribution in [0.2, 0.25) is 0 Å². The van der Waals surface area contributed by atoms with Gasteiger partial charge >= 0.3 is 0 Å². The number of rotatable bonds is 7. The van der Waals surface area contributed by atoms with Gasteiger partial charge in [0.2, 0.25) is 0 Å². The Morgan fingerprint density at radius 2 is 2.00 bits per heavy atom. The predicted molar refractivity (Wildman–Crippen MR) is 97.1 cm³/mol. The maximum absolute atomic E-state index is 11.9. The fourth-order valence-corrected chi connectivity index (χ4v) is 1.79. The van der Waals surface area contributed by atoms with Gasteiger partial charge in [-0.05, 0) is 38.1 Å². The van der Waals surface area contributed by atoms with Crippen LogP contribution in [0.3, 0.4) is 0 Å². The number of furan rings is 1. The van der Waals surface area contributed by atoms with E-state index in [4.69, 9.17) is 14.9 Å². The Hall–Kier alpha value is -2.51. The quantitative estimate of drug-likeness (QED) is 0.695. The molecule has 0 radical (unpaired) electrons. The van der Waals surface area contributed by atoms with E-state index >= 15 is 0 Å². The maximum Gasteiger partial charge on any atom is 0.291 e. The van der Waals surface area contributed by atoms with E-state index in [1.165, 1.54) is 6.26 Å². The average Bonchev–Trinajstić information content (AvgIpc) is 3.05. The molecule has 1 aromatic heterocycles. The van der Waals surface area contributed by atoms with Gasteiger partial charge < -0.3 is 25.5 Å². The van der Waals surface area contributed by atoms with E-state index in [9.17, 15) is 9.59 Å². The van der Waals surface area contributed by atoms with Crippen molar-refractivity contribution < 1.29 is 18.7 Å². The topological polar surface area (TPSA) is 107 Å². The Morgan fingerprint density at radius 1 is 1.24 bits per heavy atom. The van der Waals surface area contributed by atoms with E-state index in [0.29, 0.717) is 18.0 Å². The van der Waals surface area contributed by atoms with E-state index in [1.807, 2.05) is 13.8 Å². The van der Waals surface area contributed by atoms with Crippen LogP contribution in [0.15, 0.2) is 47.1 Å². The molecule has 8 heteroatoms. The minimum Gasteiger partial charge on any atom is -0.484 e. The number of carbonyl (C=O) groups excluding carboxylic acids is 2. The molecule has 136 valence electrons. The van der Waals surface area contributed by atoms with Crippen LogP contribution in [0, 0.1) is 0 Å². The van der Waals surface area contributed by atoms with Crippen LogP contribution in [-0.2, 0) is 4.79 Å². The van der Waals surface area contributed by atoms with E-state index < -0.39 is 5.54 Å².